The molecule has 1 amide bonds. The number of likely N-dealkylation sites (tertiary alicyclic amines) is 1. The summed E-state index contributed by atoms with van der Waals surface area (Å²) in [5.74, 6) is -2.37. The number of hydrogen-bond donors (Lipinski definition) is 1. The third-order valence-electron chi connectivity index (χ3n) is 6.11. The van der Waals surface area contributed by atoms with Gasteiger partial charge in [0.25, 0.3) is 11.7 Å². The van der Waals surface area contributed by atoms with Crippen LogP contribution < -0.4 is 0 Å². The molecule has 1 N–H and O–H groups in total. The van der Waals surface area contributed by atoms with Gasteiger partial charge < -0.3 is 14.4 Å². The van der Waals surface area contributed by atoms with Crippen LogP contribution in [0.1, 0.15) is 34.1 Å². The first-order chi connectivity index (χ1) is 16.4. The maximum atomic E-state index is 13.7. The van der Waals surface area contributed by atoms with E-state index >= 15 is 0 Å². The fraction of sp³-hybridized carbons (Fsp3) is 0.154. The highest BCUT2D eigenvalue weighted by Gasteiger charge is 2.46. The molecule has 1 aliphatic heterocycles. The third-order valence-corrected chi connectivity index (χ3v) is 6.11. The minimum absolute atomic E-state index is 0.0790. The molecule has 1 aromatic carbocycles. The van der Waals surface area contributed by atoms with Gasteiger partial charge in [-0.3, -0.25) is 14.6 Å². The molecule has 0 bridgehead atoms. The van der Waals surface area contributed by atoms with Gasteiger partial charge >= 0.3 is 0 Å². The standard InChI is InChI=1S/C26H21FN4O3/c1-15-5-4-12-30-16(2)21(29-25(15)30)23(32)20-22(18-7-9-19(27)10-8-18)31(26(34)24(20)33)14-17-6-3-11-28-13-17/h3-13,22,32H,14H2,1-2H3. The van der Waals surface area contributed by atoms with Crippen molar-refractivity contribution in [2.75, 3.05) is 0 Å². The topological polar surface area (TPSA) is 87.8 Å². The molecule has 4 heterocycles. The predicted octanol–water partition coefficient (Wildman–Crippen LogP) is 4.11. The summed E-state index contributed by atoms with van der Waals surface area (Å²) in [6.07, 6.45) is 5.04. The van der Waals surface area contributed by atoms with E-state index in [0.29, 0.717) is 16.9 Å². The number of imidazole rings is 1. The number of pyridine rings is 2. The number of aromatic nitrogens is 3. The molecule has 7 nitrogen and oxygen atoms in total. The number of halogens is 1. The molecule has 1 aliphatic rings. The van der Waals surface area contributed by atoms with Crippen molar-refractivity contribution in [3.8, 4) is 0 Å². The van der Waals surface area contributed by atoms with Gasteiger partial charge in [-0.2, -0.15) is 0 Å². The number of nitrogens with zero attached hydrogens (tertiary/aromatic N) is 4. The van der Waals surface area contributed by atoms with E-state index in [9.17, 15) is 19.1 Å². The number of benzene rings is 1. The second kappa shape index (κ2) is 8.22. The normalized spacial score (nSPS) is 17.6. The quantitative estimate of drug-likeness (QED) is 0.284. The number of aliphatic hydroxyl groups is 1. The molecule has 1 saturated heterocycles. The van der Waals surface area contributed by atoms with Crippen LogP contribution in [0.15, 0.2) is 72.7 Å². The van der Waals surface area contributed by atoms with E-state index in [0.717, 1.165) is 11.1 Å². The predicted molar refractivity (Wildman–Crippen MR) is 123 cm³/mol. The molecule has 0 aliphatic carbocycles. The fourth-order valence-corrected chi connectivity index (χ4v) is 4.40. The van der Waals surface area contributed by atoms with Crippen molar-refractivity contribution in [1.29, 1.82) is 0 Å². The summed E-state index contributed by atoms with van der Waals surface area (Å²) in [6.45, 7) is 3.78. The van der Waals surface area contributed by atoms with E-state index < -0.39 is 23.5 Å². The van der Waals surface area contributed by atoms with Gasteiger partial charge in [0.2, 0.25) is 0 Å². The zero-order valence-corrected chi connectivity index (χ0v) is 18.6. The van der Waals surface area contributed by atoms with E-state index in [1.54, 1.807) is 31.5 Å². The number of carbonyl (C=O) groups excluding carboxylic acids is 2. The maximum absolute atomic E-state index is 13.7. The minimum Gasteiger partial charge on any atom is -0.505 e. The van der Waals surface area contributed by atoms with Gasteiger partial charge in [-0.15, -0.1) is 0 Å². The Bertz CT molecular complexity index is 1460. The summed E-state index contributed by atoms with van der Waals surface area (Å²) in [7, 11) is 0. The van der Waals surface area contributed by atoms with E-state index in [1.807, 2.05) is 29.7 Å². The number of aryl methyl sites for hydroxylation is 2. The van der Waals surface area contributed by atoms with E-state index in [2.05, 4.69) is 9.97 Å². The molecule has 5 rings (SSSR count). The SMILES string of the molecule is Cc1cccn2c(C)c(C(O)=C3C(=O)C(=O)N(Cc4cccnc4)C3c3ccc(F)cc3)nc12. The lowest BCUT2D eigenvalue weighted by Gasteiger charge is -2.25. The lowest BCUT2D eigenvalue weighted by molar-refractivity contribution is -0.140. The Hall–Kier alpha value is -4.33. The van der Waals surface area contributed by atoms with Gasteiger partial charge in [-0.1, -0.05) is 24.3 Å². The third kappa shape index (κ3) is 3.44. The van der Waals surface area contributed by atoms with Crippen molar-refractivity contribution in [2.24, 2.45) is 0 Å². The Morgan fingerprint density at radius 2 is 1.85 bits per heavy atom. The molecule has 0 radical (unpaired) electrons. The fourth-order valence-electron chi connectivity index (χ4n) is 4.40. The average Bonchev–Trinajstić information content (AvgIpc) is 3.30. The average molecular weight is 456 g/mol. The maximum Gasteiger partial charge on any atom is 0.295 e. The molecule has 1 fully saturated rings. The number of aliphatic hydroxyl groups excluding tert-OH is 1. The second-order valence-electron chi connectivity index (χ2n) is 8.27. The van der Waals surface area contributed by atoms with Crippen molar-refractivity contribution in [3.05, 3.63) is 107 Å². The molecular formula is C26H21FN4O3. The Labute approximate surface area is 194 Å². The van der Waals surface area contributed by atoms with Crippen LogP contribution in [0.4, 0.5) is 4.39 Å². The first kappa shape index (κ1) is 21.5. The molecule has 3 aromatic heterocycles. The highest BCUT2D eigenvalue weighted by molar-refractivity contribution is 6.46. The lowest BCUT2D eigenvalue weighted by atomic mass is 9.96. The molecule has 1 unspecified atom stereocenters. The van der Waals surface area contributed by atoms with Crippen molar-refractivity contribution in [1.82, 2.24) is 19.3 Å². The van der Waals surface area contributed by atoms with Crippen LogP contribution in [-0.4, -0.2) is 36.1 Å². The molecule has 1 atom stereocenters. The van der Waals surface area contributed by atoms with Crippen molar-refractivity contribution in [2.45, 2.75) is 26.4 Å². The number of rotatable bonds is 4. The Morgan fingerprint density at radius 1 is 1.09 bits per heavy atom. The van der Waals surface area contributed by atoms with Gasteiger partial charge in [0, 0.05) is 25.1 Å². The van der Waals surface area contributed by atoms with E-state index in [-0.39, 0.29) is 23.6 Å². The van der Waals surface area contributed by atoms with Crippen molar-refractivity contribution in [3.63, 3.8) is 0 Å². The van der Waals surface area contributed by atoms with Gasteiger partial charge in [-0.25, -0.2) is 9.37 Å². The Morgan fingerprint density at radius 3 is 2.53 bits per heavy atom. The first-order valence-electron chi connectivity index (χ1n) is 10.7. The summed E-state index contributed by atoms with van der Waals surface area (Å²) in [5, 5.41) is 11.4. The second-order valence-corrected chi connectivity index (χ2v) is 8.27. The minimum atomic E-state index is -0.911. The van der Waals surface area contributed by atoms with E-state index in [4.69, 9.17) is 0 Å². The van der Waals surface area contributed by atoms with Gasteiger partial charge in [0.05, 0.1) is 17.3 Å². The number of fused-ring (bicyclic) bond motifs is 1. The first-order valence-corrected chi connectivity index (χ1v) is 10.7. The van der Waals surface area contributed by atoms with Gasteiger partial charge in [0.1, 0.15) is 17.2 Å². The molecule has 0 saturated carbocycles. The summed E-state index contributed by atoms with van der Waals surface area (Å²) < 4.78 is 15.5. The molecule has 8 heteroatoms. The number of hydrogen-bond acceptors (Lipinski definition) is 5. The summed E-state index contributed by atoms with van der Waals surface area (Å²) in [5.41, 5.74) is 3.54. The van der Waals surface area contributed by atoms with Crippen LogP contribution in [0.5, 0.6) is 0 Å². The summed E-state index contributed by atoms with van der Waals surface area (Å²) >= 11 is 0. The van der Waals surface area contributed by atoms with Gasteiger partial charge in [-0.05, 0) is 54.8 Å². The van der Waals surface area contributed by atoms with Crippen molar-refractivity contribution < 1.29 is 19.1 Å². The van der Waals surface area contributed by atoms with Crippen LogP contribution in [0.2, 0.25) is 0 Å². The van der Waals surface area contributed by atoms with Crippen LogP contribution in [-0.2, 0) is 16.1 Å². The largest absolute Gasteiger partial charge is 0.505 e. The Kier molecular flexibility index (Phi) is 5.20. The molecule has 170 valence electrons. The zero-order chi connectivity index (χ0) is 24.0. The molecule has 0 spiro atoms. The monoisotopic (exact) mass is 456 g/mol. The van der Waals surface area contributed by atoms with Gasteiger partial charge in [0.15, 0.2) is 5.76 Å². The lowest BCUT2D eigenvalue weighted by Crippen LogP contribution is -2.29. The van der Waals surface area contributed by atoms with Crippen LogP contribution >= 0.6 is 0 Å². The molecule has 4 aromatic rings. The van der Waals surface area contributed by atoms with Crippen LogP contribution in [0.3, 0.4) is 0 Å². The molecular weight excluding hydrogens is 435 g/mol. The number of carbonyl (C=O) groups is 2. The summed E-state index contributed by atoms with van der Waals surface area (Å²) in [6, 6.07) is 11.9. The highest BCUT2D eigenvalue weighted by atomic mass is 19.1. The highest BCUT2D eigenvalue weighted by Crippen LogP contribution is 2.40. The number of amides is 1. The zero-order valence-electron chi connectivity index (χ0n) is 18.6. The smallest absolute Gasteiger partial charge is 0.295 e. The van der Waals surface area contributed by atoms with Crippen LogP contribution in [0, 0.1) is 19.7 Å². The molecule has 34 heavy (non-hydrogen) atoms. The summed E-state index contributed by atoms with van der Waals surface area (Å²) in [4.78, 5) is 36.4. The number of ketones is 1. The Balaban J connectivity index is 1.71. The van der Waals surface area contributed by atoms with Crippen molar-refractivity contribution >= 4 is 23.1 Å². The van der Waals surface area contributed by atoms with E-state index in [1.165, 1.54) is 29.2 Å². The number of Topliss-reactive ketones (excluding diaryl/α,β-unsaturated/α-hetero) is 1. The van der Waals surface area contributed by atoms with Crippen LogP contribution in [0.25, 0.3) is 11.4 Å².